The number of nitrogens with zero attached hydrogens (tertiary/aromatic N) is 2. The predicted octanol–water partition coefficient (Wildman–Crippen LogP) is 0.551. The lowest BCUT2D eigenvalue weighted by Gasteiger charge is -2.34. The molecule has 2 rings (SSSR count). The summed E-state index contributed by atoms with van der Waals surface area (Å²) in [7, 11) is 2.91. The molecular formula is C14H21N3O5. The maximum Gasteiger partial charge on any atom is 0.278 e. The number of rotatable bonds is 6. The quantitative estimate of drug-likeness (QED) is 0.585. The molecule has 0 spiro atoms. The van der Waals surface area contributed by atoms with E-state index in [1.807, 2.05) is 4.90 Å². The molecule has 1 fully saturated rings. The number of nitro groups is 1. The fraction of sp³-hybridized carbons (Fsp3) is 0.571. The summed E-state index contributed by atoms with van der Waals surface area (Å²) in [6.07, 6.45) is 0. The maximum absolute atomic E-state index is 11.4. The van der Waals surface area contributed by atoms with E-state index in [9.17, 15) is 15.2 Å². The molecule has 1 aromatic rings. The molecular weight excluding hydrogens is 290 g/mol. The first kappa shape index (κ1) is 16.5. The second kappa shape index (κ2) is 7.39. The lowest BCUT2D eigenvalue weighted by atomic mass is 10.0. The molecule has 122 valence electrons. The van der Waals surface area contributed by atoms with E-state index in [0.29, 0.717) is 17.1 Å². The van der Waals surface area contributed by atoms with Gasteiger partial charge < -0.3 is 19.9 Å². The van der Waals surface area contributed by atoms with E-state index in [-0.39, 0.29) is 12.3 Å². The van der Waals surface area contributed by atoms with Gasteiger partial charge in [-0.1, -0.05) is 0 Å². The molecule has 1 aliphatic heterocycles. The third-order valence-corrected chi connectivity index (χ3v) is 3.85. The van der Waals surface area contributed by atoms with Gasteiger partial charge in [-0.25, -0.2) is 0 Å². The molecule has 0 aliphatic carbocycles. The van der Waals surface area contributed by atoms with E-state index < -0.39 is 11.0 Å². The Bertz CT molecular complexity index is 531. The highest BCUT2D eigenvalue weighted by Crippen LogP contribution is 2.38. The summed E-state index contributed by atoms with van der Waals surface area (Å²) in [5.41, 5.74) is 0.363. The Kier molecular flexibility index (Phi) is 5.53. The van der Waals surface area contributed by atoms with Crippen molar-refractivity contribution in [3.05, 3.63) is 27.8 Å². The number of aliphatic hydroxyl groups is 1. The van der Waals surface area contributed by atoms with Crippen LogP contribution in [0.1, 0.15) is 11.6 Å². The molecule has 1 saturated heterocycles. The van der Waals surface area contributed by atoms with E-state index in [1.165, 1.54) is 20.3 Å². The predicted molar refractivity (Wildman–Crippen MR) is 80.5 cm³/mol. The number of ether oxygens (including phenoxy) is 2. The molecule has 1 aliphatic rings. The molecule has 22 heavy (non-hydrogen) atoms. The Labute approximate surface area is 128 Å². The average molecular weight is 311 g/mol. The Morgan fingerprint density at radius 1 is 1.32 bits per heavy atom. The van der Waals surface area contributed by atoms with Gasteiger partial charge >= 0.3 is 0 Å². The van der Waals surface area contributed by atoms with Crippen molar-refractivity contribution in [1.29, 1.82) is 0 Å². The van der Waals surface area contributed by atoms with Gasteiger partial charge in [0, 0.05) is 26.2 Å². The first-order chi connectivity index (χ1) is 10.6. The average Bonchev–Trinajstić information content (AvgIpc) is 2.55. The largest absolute Gasteiger partial charge is 0.493 e. The van der Waals surface area contributed by atoms with Gasteiger partial charge in [0.25, 0.3) is 5.69 Å². The van der Waals surface area contributed by atoms with E-state index in [0.717, 1.165) is 26.2 Å². The zero-order valence-electron chi connectivity index (χ0n) is 12.7. The van der Waals surface area contributed by atoms with Crippen molar-refractivity contribution in [2.24, 2.45) is 0 Å². The number of hydrogen-bond donors (Lipinski definition) is 2. The highest BCUT2D eigenvalue weighted by atomic mass is 16.6. The van der Waals surface area contributed by atoms with E-state index in [4.69, 9.17) is 9.47 Å². The third kappa shape index (κ3) is 3.29. The molecule has 0 saturated carbocycles. The maximum atomic E-state index is 11.4. The van der Waals surface area contributed by atoms with Crippen LogP contribution in [0.2, 0.25) is 0 Å². The number of aliphatic hydroxyl groups excluding tert-OH is 1. The van der Waals surface area contributed by atoms with Crippen molar-refractivity contribution in [1.82, 2.24) is 10.2 Å². The molecule has 8 nitrogen and oxygen atoms in total. The molecule has 1 heterocycles. The third-order valence-electron chi connectivity index (χ3n) is 3.85. The minimum absolute atomic E-state index is 0.0739. The van der Waals surface area contributed by atoms with Crippen molar-refractivity contribution >= 4 is 5.69 Å². The SMILES string of the molecule is COc1cc([C@H](CO)N2CCNCC2)c([N+](=O)[O-])cc1OC. The zero-order chi connectivity index (χ0) is 16.1. The molecule has 1 aromatic carbocycles. The first-order valence-corrected chi connectivity index (χ1v) is 7.08. The van der Waals surface area contributed by atoms with Gasteiger partial charge in [0.15, 0.2) is 11.5 Å². The van der Waals surface area contributed by atoms with Crippen molar-refractivity contribution in [3.63, 3.8) is 0 Å². The monoisotopic (exact) mass is 311 g/mol. The van der Waals surface area contributed by atoms with Crippen LogP contribution in [-0.2, 0) is 0 Å². The molecule has 0 bridgehead atoms. The van der Waals surface area contributed by atoms with Crippen molar-refractivity contribution in [2.75, 3.05) is 47.0 Å². The van der Waals surface area contributed by atoms with Gasteiger partial charge in [0.1, 0.15) is 0 Å². The lowest BCUT2D eigenvalue weighted by molar-refractivity contribution is -0.386. The van der Waals surface area contributed by atoms with E-state index in [1.54, 1.807) is 6.07 Å². The number of nitrogens with one attached hydrogen (secondary N) is 1. The molecule has 0 amide bonds. The molecule has 1 atom stereocenters. The summed E-state index contributed by atoms with van der Waals surface area (Å²) >= 11 is 0. The second-order valence-electron chi connectivity index (χ2n) is 5.01. The minimum Gasteiger partial charge on any atom is -0.493 e. The number of hydrogen-bond acceptors (Lipinski definition) is 7. The topological polar surface area (TPSA) is 97.1 Å². The number of piperazine rings is 1. The Balaban J connectivity index is 2.47. The van der Waals surface area contributed by atoms with Crippen LogP contribution in [0.3, 0.4) is 0 Å². The van der Waals surface area contributed by atoms with Crippen LogP contribution in [0.25, 0.3) is 0 Å². The lowest BCUT2D eigenvalue weighted by Crippen LogP contribution is -2.46. The summed E-state index contributed by atoms with van der Waals surface area (Å²) in [6.45, 7) is 2.82. The number of methoxy groups -OCH3 is 2. The van der Waals surface area contributed by atoms with Crippen molar-refractivity contribution in [2.45, 2.75) is 6.04 Å². The molecule has 0 unspecified atom stereocenters. The fourth-order valence-electron chi connectivity index (χ4n) is 2.71. The van der Waals surface area contributed by atoms with Crippen LogP contribution in [0.5, 0.6) is 11.5 Å². The summed E-state index contributed by atoms with van der Waals surface area (Å²) in [4.78, 5) is 13.0. The van der Waals surface area contributed by atoms with Gasteiger partial charge in [-0.15, -0.1) is 0 Å². The van der Waals surface area contributed by atoms with Crippen molar-refractivity contribution < 1.29 is 19.5 Å². The smallest absolute Gasteiger partial charge is 0.278 e. The molecule has 2 N–H and O–H groups in total. The Hall–Kier alpha value is -1.90. The Morgan fingerprint density at radius 2 is 1.91 bits per heavy atom. The van der Waals surface area contributed by atoms with E-state index in [2.05, 4.69) is 5.32 Å². The molecule has 0 aromatic heterocycles. The molecule has 8 heteroatoms. The Morgan fingerprint density at radius 3 is 2.41 bits per heavy atom. The zero-order valence-corrected chi connectivity index (χ0v) is 12.7. The molecule has 0 radical (unpaired) electrons. The van der Waals surface area contributed by atoms with Gasteiger partial charge in [-0.3, -0.25) is 15.0 Å². The van der Waals surface area contributed by atoms with Crippen LogP contribution in [0.4, 0.5) is 5.69 Å². The van der Waals surface area contributed by atoms with Crippen LogP contribution < -0.4 is 14.8 Å². The number of benzene rings is 1. The summed E-state index contributed by atoms with van der Waals surface area (Å²) in [6, 6.07) is 2.49. The van der Waals surface area contributed by atoms with Crippen molar-refractivity contribution in [3.8, 4) is 11.5 Å². The highest BCUT2D eigenvalue weighted by molar-refractivity contribution is 5.55. The minimum atomic E-state index is -0.456. The van der Waals surface area contributed by atoms with Gasteiger partial charge in [-0.05, 0) is 6.07 Å². The summed E-state index contributed by atoms with van der Waals surface area (Å²) in [5, 5.41) is 24.4. The highest BCUT2D eigenvalue weighted by Gasteiger charge is 2.30. The van der Waals surface area contributed by atoms with E-state index >= 15 is 0 Å². The number of nitro benzene ring substituents is 1. The van der Waals surface area contributed by atoms with Gasteiger partial charge in [0.2, 0.25) is 0 Å². The standard InChI is InChI=1S/C14H21N3O5/c1-21-13-7-10(11(17(19)20)8-14(13)22-2)12(9-18)16-5-3-15-4-6-16/h7-8,12,15,18H,3-6,9H2,1-2H3/t12-/m0/s1. The van der Waals surface area contributed by atoms with Gasteiger partial charge in [-0.2, -0.15) is 0 Å². The first-order valence-electron chi connectivity index (χ1n) is 7.08. The second-order valence-corrected chi connectivity index (χ2v) is 5.01. The van der Waals surface area contributed by atoms with Gasteiger partial charge in [0.05, 0.1) is 43.4 Å². The van der Waals surface area contributed by atoms with Crippen LogP contribution in [0.15, 0.2) is 12.1 Å². The summed E-state index contributed by atoms with van der Waals surface area (Å²) < 4.78 is 10.4. The van der Waals surface area contributed by atoms with Crippen LogP contribution >= 0.6 is 0 Å². The summed E-state index contributed by atoms with van der Waals surface area (Å²) in [5.74, 6) is 0.714. The van der Waals surface area contributed by atoms with Crippen LogP contribution in [0, 0.1) is 10.1 Å². The normalized spacial score (nSPS) is 17.0. The fourth-order valence-corrected chi connectivity index (χ4v) is 2.71. The van der Waals surface area contributed by atoms with Crippen LogP contribution in [-0.4, -0.2) is 61.9 Å².